The zero-order valence-corrected chi connectivity index (χ0v) is 31.9. The van der Waals surface area contributed by atoms with Gasteiger partial charge in [0.15, 0.2) is 14.7 Å². The highest BCUT2D eigenvalue weighted by Gasteiger charge is 2.44. The molecule has 0 aliphatic rings. The molecule has 0 bridgehead atoms. The van der Waals surface area contributed by atoms with E-state index >= 15 is 0 Å². The summed E-state index contributed by atoms with van der Waals surface area (Å²) in [4.78, 5) is 3.65. The van der Waals surface area contributed by atoms with Crippen LogP contribution < -0.4 is 14.2 Å². The fourth-order valence-corrected chi connectivity index (χ4v) is 7.54. The molecule has 1 N–H and O–H groups in total. The quantitative estimate of drug-likeness (QED) is 0.0719. The Hall–Kier alpha value is -4.71. The molecule has 6 nitrogen and oxygen atoms in total. The van der Waals surface area contributed by atoms with Crippen molar-refractivity contribution in [3.8, 4) is 17.2 Å². The van der Waals surface area contributed by atoms with Gasteiger partial charge in [-0.3, -0.25) is 4.55 Å². The molecule has 11 heteroatoms. The number of fused-ring (bicyclic) bond motifs is 2. The Labute approximate surface area is 311 Å². The van der Waals surface area contributed by atoms with Gasteiger partial charge in [-0.1, -0.05) is 48.5 Å². The average Bonchev–Trinajstić information content (AvgIpc) is 3.07. The van der Waals surface area contributed by atoms with Crippen LogP contribution in [-0.4, -0.2) is 29.7 Å². The molecule has 0 atom stereocenters. The Kier molecular flexibility index (Phi) is 11.7. The summed E-state index contributed by atoms with van der Waals surface area (Å²) in [7, 11) is -6.17. The van der Waals surface area contributed by atoms with Crippen molar-refractivity contribution in [3.63, 3.8) is 0 Å². The van der Waals surface area contributed by atoms with Crippen LogP contribution >= 0.6 is 0 Å². The maximum absolute atomic E-state index is 10.7. The van der Waals surface area contributed by atoms with Gasteiger partial charge in [-0.05, 0) is 142 Å². The Morgan fingerprint density at radius 2 is 0.906 bits per heavy atom. The second kappa shape index (κ2) is 15.7. The Balaban J connectivity index is 0.000000609. The first kappa shape index (κ1) is 39.5. The third-order valence-electron chi connectivity index (χ3n) is 7.58. The van der Waals surface area contributed by atoms with Gasteiger partial charge in [-0.25, -0.2) is 0 Å². The van der Waals surface area contributed by atoms with Gasteiger partial charge in [0, 0.05) is 5.56 Å². The minimum atomic E-state index is -5.84. The maximum Gasteiger partial charge on any atom is 0.522 e. The summed E-state index contributed by atoms with van der Waals surface area (Å²) in [6.07, 6.45) is 0. The summed E-state index contributed by atoms with van der Waals surface area (Å²) in [6.45, 7) is 12.9. The van der Waals surface area contributed by atoms with Crippen LogP contribution in [0.1, 0.15) is 47.1 Å². The molecule has 0 amide bonds. The van der Waals surface area contributed by atoms with Crippen LogP contribution in [0.4, 0.5) is 13.2 Å². The lowest BCUT2D eigenvalue weighted by Gasteiger charge is -2.21. The van der Waals surface area contributed by atoms with Crippen LogP contribution in [0.15, 0.2) is 142 Å². The predicted molar refractivity (Wildman–Crippen MR) is 206 cm³/mol. The highest BCUT2D eigenvalue weighted by Crippen LogP contribution is 2.36. The zero-order chi connectivity index (χ0) is 38.6. The summed E-state index contributed by atoms with van der Waals surface area (Å²) < 4.78 is 76.2. The molecule has 0 fully saturated rings. The molecule has 0 saturated heterocycles. The van der Waals surface area contributed by atoms with Gasteiger partial charge in [0.25, 0.3) is 0 Å². The molecule has 0 spiro atoms. The van der Waals surface area contributed by atoms with E-state index < -0.39 is 15.6 Å². The number of ether oxygens (including phenoxy) is 3. The highest BCUT2D eigenvalue weighted by molar-refractivity contribution is 7.97. The number of halogens is 3. The summed E-state index contributed by atoms with van der Waals surface area (Å²) in [5, 5.41) is 4.92. The third kappa shape index (κ3) is 10.7. The van der Waals surface area contributed by atoms with Crippen LogP contribution in [0, 0.1) is 0 Å². The Morgan fingerprint density at radius 1 is 0.566 bits per heavy atom. The lowest BCUT2D eigenvalue weighted by Crippen LogP contribution is -2.23. The number of alkyl halides is 3. The van der Waals surface area contributed by atoms with E-state index in [9.17, 15) is 13.2 Å². The fraction of sp³-hybridized carbons (Fsp3) is 0.238. The molecule has 6 aromatic carbocycles. The molecule has 6 aromatic rings. The molecule has 0 saturated carbocycles. The normalized spacial score (nSPS) is 12.4. The van der Waals surface area contributed by atoms with Gasteiger partial charge < -0.3 is 14.2 Å². The van der Waals surface area contributed by atoms with E-state index in [0.29, 0.717) is 6.61 Å². The van der Waals surface area contributed by atoms with Crippen molar-refractivity contribution in [1.29, 1.82) is 0 Å². The molecule has 6 rings (SSSR count). The molecular weight excluding hydrogens is 722 g/mol. The van der Waals surface area contributed by atoms with Crippen LogP contribution in [0.25, 0.3) is 21.5 Å². The molecule has 0 aliphatic heterocycles. The second-order valence-corrected chi connectivity index (χ2v) is 17.6. The molecule has 0 aliphatic carbocycles. The van der Waals surface area contributed by atoms with Crippen molar-refractivity contribution in [2.24, 2.45) is 0 Å². The minimum absolute atomic E-state index is 0.250. The van der Waals surface area contributed by atoms with Gasteiger partial charge >= 0.3 is 15.6 Å². The summed E-state index contributed by atoms with van der Waals surface area (Å²) in [5.74, 6) is 2.59. The summed E-state index contributed by atoms with van der Waals surface area (Å²) >= 11 is 0. The third-order valence-corrected chi connectivity index (χ3v) is 10.4. The lowest BCUT2D eigenvalue weighted by atomic mass is 9.97. The van der Waals surface area contributed by atoms with Crippen LogP contribution in [0.5, 0.6) is 17.2 Å². The van der Waals surface area contributed by atoms with Gasteiger partial charge in [0.1, 0.15) is 35.1 Å². The van der Waals surface area contributed by atoms with Crippen molar-refractivity contribution in [3.05, 3.63) is 133 Å². The van der Waals surface area contributed by atoms with Crippen molar-refractivity contribution in [2.75, 3.05) is 0 Å². The molecule has 278 valence electrons. The van der Waals surface area contributed by atoms with E-state index in [2.05, 4.69) is 169 Å². The minimum Gasteiger partial charge on any atom is -0.489 e. The lowest BCUT2D eigenvalue weighted by molar-refractivity contribution is -0.0510. The van der Waals surface area contributed by atoms with E-state index in [1.807, 2.05) is 0 Å². The number of rotatable bonds is 8. The Morgan fingerprint density at radius 3 is 1.25 bits per heavy atom. The van der Waals surface area contributed by atoms with E-state index in [0.717, 1.165) is 17.2 Å². The smallest absolute Gasteiger partial charge is 0.489 e. The maximum atomic E-state index is 10.7. The predicted octanol–water partition coefficient (Wildman–Crippen LogP) is 11.4. The number of benzene rings is 6. The average molecular weight is 764 g/mol. The molecular formula is C42H42F3O6S2+. The Bertz CT molecular complexity index is 2140. The first-order valence-corrected chi connectivity index (χ1v) is 19.4. The number of hydrogen-bond acceptors (Lipinski definition) is 5. The molecule has 53 heavy (non-hydrogen) atoms. The largest absolute Gasteiger partial charge is 0.522 e. The first-order chi connectivity index (χ1) is 24.8. The fourth-order valence-electron chi connectivity index (χ4n) is 5.49. The molecule has 0 aromatic heterocycles. The first-order valence-electron chi connectivity index (χ1n) is 16.8. The SMILES string of the molecule is CC(C)(C)Oc1ccc([S+](c2ccc(OCc3c4ccccc4cc4ccccc34)cc2)c2ccc(OC(C)(C)C)cc2)cc1.O=S(=O)(O)C(F)(F)F. The van der Waals surface area contributed by atoms with E-state index in [-0.39, 0.29) is 22.1 Å². The zero-order valence-electron chi connectivity index (χ0n) is 30.3. The second-order valence-electron chi connectivity index (χ2n) is 14.2. The highest BCUT2D eigenvalue weighted by atomic mass is 32.2. The van der Waals surface area contributed by atoms with E-state index in [1.165, 1.54) is 41.8 Å². The topological polar surface area (TPSA) is 82.1 Å². The van der Waals surface area contributed by atoms with E-state index in [4.69, 9.17) is 27.2 Å². The van der Waals surface area contributed by atoms with Gasteiger partial charge in [-0.2, -0.15) is 21.6 Å². The van der Waals surface area contributed by atoms with Crippen molar-refractivity contribution < 1.29 is 40.4 Å². The van der Waals surface area contributed by atoms with Crippen LogP contribution in [0.2, 0.25) is 0 Å². The monoisotopic (exact) mass is 763 g/mol. The van der Waals surface area contributed by atoms with Gasteiger partial charge in [0.05, 0.1) is 10.9 Å². The van der Waals surface area contributed by atoms with Gasteiger partial charge in [0.2, 0.25) is 0 Å². The van der Waals surface area contributed by atoms with Crippen molar-refractivity contribution >= 4 is 42.6 Å². The van der Waals surface area contributed by atoms with Crippen molar-refractivity contribution in [2.45, 2.75) is 79.5 Å². The molecule has 0 heterocycles. The summed E-state index contributed by atoms with van der Waals surface area (Å²) in [6, 6.07) is 44.9. The summed E-state index contributed by atoms with van der Waals surface area (Å²) in [5.41, 5.74) is -4.82. The van der Waals surface area contributed by atoms with Crippen LogP contribution in [0.3, 0.4) is 0 Å². The molecule has 0 unspecified atom stereocenters. The standard InChI is InChI=1S/C41H41O3S.CHF3O3S/c1-40(2,3)43-32-17-23-35(24-18-32)45(36-25-19-33(20-26-36)44-41(4,5)6)34-21-15-31(16-22-34)42-28-39-37-13-9-7-11-29(37)27-30-12-8-10-14-38(30)39;2-1(3,4)8(5,6)7/h7-27H,28H2,1-6H3;(H,5,6,7)/q+1;. The van der Waals surface area contributed by atoms with Crippen LogP contribution in [-0.2, 0) is 27.6 Å². The van der Waals surface area contributed by atoms with Crippen molar-refractivity contribution in [1.82, 2.24) is 0 Å². The van der Waals surface area contributed by atoms with Gasteiger partial charge in [-0.15, -0.1) is 0 Å². The number of hydrogen-bond donors (Lipinski definition) is 1. The molecule has 0 radical (unpaired) electrons. The van der Waals surface area contributed by atoms with E-state index in [1.54, 1.807) is 0 Å².